The topological polar surface area (TPSA) is 123 Å². The highest BCUT2D eigenvalue weighted by Crippen LogP contribution is 2.29. The lowest BCUT2D eigenvalue weighted by atomic mass is 10.0. The standard InChI is InChI=1S/C28H21FN4O4S/c29-21-13-14-25(37-33-27-23-7-2-1-5-18(23)15-16-31-27)24(17-21)32-28(34)20-11-9-19(10-12-20)22-6-3-4-8-26(22)38(30,35)36/h1-17H,(H,31,33)(H,32,34)(H2,30,35,36). The van der Waals surface area contributed by atoms with Gasteiger partial charge in [-0.2, -0.15) is 0 Å². The molecule has 1 amide bonds. The Hall–Kier alpha value is -4.80. The van der Waals surface area contributed by atoms with E-state index < -0.39 is 21.7 Å². The summed E-state index contributed by atoms with van der Waals surface area (Å²) in [5, 5.41) is 9.77. The lowest BCUT2D eigenvalue weighted by Gasteiger charge is -2.14. The molecule has 0 saturated heterocycles. The molecule has 4 aromatic carbocycles. The number of carbonyl (C=O) groups excluding carboxylic acids is 1. The van der Waals surface area contributed by atoms with Gasteiger partial charge in [0.05, 0.1) is 10.6 Å². The smallest absolute Gasteiger partial charge is 0.255 e. The van der Waals surface area contributed by atoms with E-state index in [9.17, 15) is 17.6 Å². The molecule has 0 aliphatic carbocycles. The molecule has 8 nitrogen and oxygen atoms in total. The van der Waals surface area contributed by atoms with Crippen molar-refractivity contribution in [1.29, 1.82) is 0 Å². The number of nitrogens with zero attached hydrogens (tertiary/aromatic N) is 1. The largest absolute Gasteiger partial charge is 0.378 e. The van der Waals surface area contributed by atoms with E-state index in [0.29, 0.717) is 16.9 Å². The molecule has 0 spiro atoms. The number of carbonyl (C=O) groups is 1. The van der Waals surface area contributed by atoms with Crippen LogP contribution in [0.2, 0.25) is 0 Å². The van der Waals surface area contributed by atoms with Gasteiger partial charge in [0.15, 0.2) is 11.6 Å². The summed E-state index contributed by atoms with van der Waals surface area (Å²) >= 11 is 0. The second kappa shape index (κ2) is 10.3. The van der Waals surface area contributed by atoms with Crippen LogP contribution in [0.1, 0.15) is 10.4 Å². The van der Waals surface area contributed by atoms with Gasteiger partial charge in [0.25, 0.3) is 5.91 Å². The van der Waals surface area contributed by atoms with Crippen molar-refractivity contribution >= 4 is 38.2 Å². The SMILES string of the molecule is NS(=O)(=O)c1ccccc1-c1ccc(C(=O)Nc2cc(F)ccc2ONc2nccc3ccccc23)cc1. The lowest BCUT2D eigenvalue weighted by molar-refractivity contribution is 0.102. The first kappa shape index (κ1) is 24.9. The number of rotatable bonds is 7. The number of nitrogens with one attached hydrogen (secondary N) is 2. The average Bonchev–Trinajstić information content (AvgIpc) is 2.92. The van der Waals surface area contributed by atoms with Crippen molar-refractivity contribution in [3.05, 3.63) is 115 Å². The predicted octanol–water partition coefficient (Wildman–Crippen LogP) is 5.35. The van der Waals surface area contributed by atoms with Gasteiger partial charge in [-0.25, -0.2) is 28.4 Å². The minimum atomic E-state index is -3.93. The summed E-state index contributed by atoms with van der Waals surface area (Å²) < 4.78 is 37.9. The van der Waals surface area contributed by atoms with Crippen LogP contribution < -0.4 is 20.8 Å². The summed E-state index contributed by atoms with van der Waals surface area (Å²) in [7, 11) is -3.93. The van der Waals surface area contributed by atoms with Gasteiger partial charge in [0.1, 0.15) is 5.82 Å². The van der Waals surface area contributed by atoms with Crippen molar-refractivity contribution in [2.24, 2.45) is 5.14 Å². The zero-order valence-corrected chi connectivity index (χ0v) is 20.6. The normalized spacial score (nSPS) is 11.2. The third-order valence-electron chi connectivity index (χ3n) is 5.77. The highest BCUT2D eigenvalue weighted by atomic mass is 32.2. The molecule has 0 aliphatic heterocycles. The molecule has 5 rings (SSSR count). The molecule has 0 saturated carbocycles. The van der Waals surface area contributed by atoms with Gasteiger partial charge >= 0.3 is 0 Å². The Bertz CT molecular complexity index is 1750. The van der Waals surface area contributed by atoms with E-state index >= 15 is 0 Å². The number of benzene rings is 4. The minimum Gasteiger partial charge on any atom is -0.378 e. The van der Waals surface area contributed by atoms with Crippen molar-refractivity contribution in [3.8, 4) is 16.9 Å². The summed E-state index contributed by atoms with van der Waals surface area (Å²) in [6.07, 6.45) is 1.63. The van der Waals surface area contributed by atoms with Crippen LogP contribution in [-0.2, 0) is 10.0 Å². The number of hydrogen-bond acceptors (Lipinski definition) is 6. The third kappa shape index (κ3) is 5.31. The molecule has 0 atom stereocenters. The summed E-state index contributed by atoms with van der Waals surface area (Å²) in [5.74, 6) is -0.450. The van der Waals surface area contributed by atoms with E-state index in [0.717, 1.165) is 16.8 Å². The molecular weight excluding hydrogens is 507 g/mol. The van der Waals surface area contributed by atoms with Gasteiger partial charge in [-0.05, 0) is 47.3 Å². The Balaban J connectivity index is 1.36. The molecular formula is C28H21FN4O4S. The Labute approximate surface area is 217 Å². The van der Waals surface area contributed by atoms with Gasteiger partial charge in [0, 0.05) is 28.8 Å². The number of pyridine rings is 1. The van der Waals surface area contributed by atoms with Gasteiger partial charge in [-0.1, -0.05) is 54.6 Å². The van der Waals surface area contributed by atoms with Gasteiger partial charge in [-0.3, -0.25) is 4.79 Å². The number of primary sulfonamides is 1. The first-order valence-corrected chi connectivity index (χ1v) is 12.9. The summed E-state index contributed by atoms with van der Waals surface area (Å²) in [6.45, 7) is 0. The number of sulfonamides is 1. The number of hydrogen-bond donors (Lipinski definition) is 3. The van der Waals surface area contributed by atoms with Crippen molar-refractivity contribution in [2.75, 3.05) is 10.8 Å². The van der Waals surface area contributed by atoms with E-state index in [1.54, 1.807) is 36.5 Å². The fourth-order valence-corrected chi connectivity index (χ4v) is 4.70. The summed E-state index contributed by atoms with van der Waals surface area (Å²) in [6, 6.07) is 25.8. The molecule has 0 unspecified atom stereocenters. The number of fused-ring (bicyclic) bond motifs is 1. The minimum absolute atomic E-state index is 0.0214. The van der Waals surface area contributed by atoms with Crippen molar-refractivity contribution < 1.29 is 22.4 Å². The molecule has 10 heteroatoms. The van der Waals surface area contributed by atoms with Crippen LogP contribution in [0.15, 0.2) is 108 Å². The molecule has 5 aromatic rings. The second-order valence-corrected chi connectivity index (χ2v) is 9.83. The maximum Gasteiger partial charge on any atom is 0.255 e. The number of aromatic nitrogens is 1. The van der Waals surface area contributed by atoms with Crippen LogP contribution in [0.25, 0.3) is 21.9 Å². The number of anilines is 2. The molecule has 0 fully saturated rings. The van der Waals surface area contributed by atoms with E-state index in [-0.39, 0.29) is 21.9 Å². The van der Waals surface area contributed by atoms with Crippen molar-refractivity contribution in [1.82, 2.24) is 4.98 Å². The van der Waals surface area contributed by atoms with Gasteiger partial charge in [0.2, 0.25) is 10.0 Å². The van der Waals surface area contributed by atoms with E-state index in [1.807, 2.05) is 30.3 Å². The fourth-order valence-electron chi connectivity index (χ4n) is 3.94. The van der Waals surface area contributed by atoms with E-state index in [2.05, 4.69) is 15.8 Å². The molecule has 190 valence electrons. The Morgan fingerprint density at radius 3 is 2.42 bits per heavy atom. The van der Waals surface area contributed by atoms with Crippen LogP contribution in [0, 0.1) is 5.82 Å². The summed E-state index contributed by atoms with van der Waals surface area (Å²) in [4.78, 5) is 22.9. The van der Waals surface area contributed by atoms with E-state index in [1.165, 1.54) is 30.3 Å². The maximum absolute atomic E-state index is 14.0. The molecule has 38 heavy (non-hydrogen) atoms. The molecule has 1 heterocycles. The lowest BCUT2D eigenvalue weighted by Crippen LogP contribution is -2.15. The van der Waals surface area contributed by atoms with Crippen molar-refractivity contribution in [2.45, 2.75) is 4.90 Å². The highest BCUT2D eigenvalue weighted by Gasteiger charge is 2.16. The second-order valence-electron chi connectivity index (χ2n) is 8.30. The predicted molar refractivity (Wildman–Crippen MR) is 144 cm³/mol. The summed E-state index contributed by atoms with van der Waals surface area (Å²) in [5.41, 5.74) is 4.12. The Morgan fingerprint density at radius 1 is 0.895 bits per heavy atom. The number of halogens is 1. The fraction of sp³-hybridized carbons (Fsp3) is 0. The maximum atomic E-state index is 14.0. The van der Waals surface area contributed by atoms with Crippen LogP contribution in [0.5, 0.6) is 5.75 Å². The molecule has 0 radical (unpaired) electrons. The first-order valence-electron chi connectivity index (χ1n) is 11.4. The van der Waals surface area contributed by atoms with Crippen LogP contribution in [-0.4, -0.2) is 19.3 Å². The molecule has 0 aliphatic rings. The average molecular weight is 529 g/mol. The molecule has 0 bridgehead atoms. The Morgan fingerprint density at radius 2 is 1.63 bits per heavy atom. The van der Waals surface area contributed by atoms with Gasteiger partial charge in [-0.15, -0.1) is 0 Å². The van der Waals surface area contributed by atoms with Crippen LogP contribution in [0.4, 0.5) is 15.9 Å². The zero-order chi connectivity index (χ0) is 26.7. The quantitative estimate of drug-likeness (QED) is 0.245. The van der Waals surface area contributed by atoms with Gasteiger partial charge < -0.3 is 10.2 Å². The number of amides is 1. The highest BCUT2D eigenvalue weighted by molar-refractivity contribution is 7.89. The third-order valence-corrected chi connectivity index (χ3v) is 6.74. The van der Waals surface area contributed by atoms with Crippen molar-refractivity contribution in [3.63, 3.8) is 0 Å². The zero-order valence-electron chi connectivity index (χ0n) is 19.8. The van der Waals surface area contributed by atoms with Crippen LogP contribution in [0.3, 0.4) is 0 Å². The molecule has 1 aromatic heterocycles. The molecule has 4 N–H and O–H groups in total. The van der Waals surface area contributed by atoms with Crippen LogP contribution >= 0.6 is 0 Å². The van der Waals surface area contributed by atoms with E-state index in [4.69, 9.17) is 9.98 Å². The Kier molecular flexibility index (Phi) is 6.73. The number of nitrogens with two attached hydrogens (primary N) is 1. The monoisotopic (exact) mass is 528 g/mol. The first-order chi connectivity index (χ1) is 18.3.